The molecule has 0 aliphatic carbocycles. The zero-order valence-corrected chi connectivity index (χ0v) is 14.0. The van der Waals surface area contributed by atoms with E-state index in [4.69, 9.17) is 4.42 Å². The van der Waals surface area contributed by atoms with Gasteiger partial charge in [-0.05, 0) is 41.4 Å². The molecule has 2 heterocycles. The van der Waals surface area contributed by atoms with Gasteiger partial charge in [-0.1, -0.05) is 12.1 Å². The highest BCUT2D eigenvalue weighted by Crippen LogP contribution is 2.15. The van der Waals surface area contributed by atoms with E-state index in [2.05, 4.69) is 5.32 Å². The first-order chi connectivity index (χ1) is 11.4. The van der Waals surface area contributed by atoms with Crippen molar-refractivity contribution in [3.63, 3.8) is 0 Å². The van der Waals surface area contributed by atoms with Gasteiger partial charge in [0.05, 0.1) is 11.1 Å². The fraction of sp³-hybridized carbons (Fsp3) is 0.294. The van der Waals surface area contributed by atoms with Gasteiger partial charge in [0.15, 0.2) is 5.58 Å². The summed E-state index contributed by atoms with van der Waals surface area (Å²) in [7, 11) is 0. The molecule has 24 heavy (non-hydrogen) atoms. The number of amides is 1. The third-order valence-electron chi connectivity index (χ3n) is 3.71. The van der Waals surface area contributed by atoms with Crippen LogP contribution >= 0.6 is 11.3 Å². The first-order valence-corrected chi connectivity index (χ1v) is 8.47. The number of carbonyl (C=O) groups excluding carboxylic acids is 1. The van der Waals surface area contributed by atoms with Gasteiger partial charge in [0.2, 0.25) is 5.91 Å². The molecule has 126 valence electrons. The van der Waals surface area contributed by atoms with Gasteiger partial charge in [-0.15, -0.1) is 0 Å². The lowest BCUT2D eigenvalue weighted by molar-refractivity contribution is -0.122. The Kier molecular flexibility index (Phi) is 4.55. The Morgan fingerprint density at radius 2 is 2.17 bits per heavy atom. The lowest BCUT2D eigenvalue weighted by Crippen LogP contribution is -2.43. The fourth-order valence-electron chi connectivity index (χ4n) is 2.55. The predicted octanol–water partition coefficient (Wildman–Crippen LogP) is 1.77. The van der Waals surface area contributed by atoms with Crippen LogP contribution in [0.2, 0.25) is 0 Å². The Labute approximate surface area is 142 Å². The van der Waals surface area contributed by atoms with Crippen molar-refractivity contribution >= 4 is 28.3 Å². The van der Waals surface area contributed by atoms with E-state index < -0.39 is 11.4 Å². The van der Waals surface area contributed by atoms with Crippen molar-refractivity contribution in [3.8, 4) is 0 Å². The maximum Gasteiger partial charge on any atom is 0.420 e. The normalized spacial score (nSPS) is 13.8. The van der Waals surface area contributed by atoms with Gasteiger partial charge in [0.25, 0.3) is 0 Å². The summed E-state index contributed by atoms with van der Waals surface area (Å²) in [5, 5.41) is 17.0. The third kappa shape index (κ3) is 3.74. The van der Waals surface area contributed by atoms with Crippen LogP contribution in [0, 0.1) is 0 Å². The summed E-state index contributed by atoms with van der Waals surface area (Å²) in [5.41, 5.74) is 0.985. The zero-order chi connectivity index (χ0) is 17.2. The van der Waals surface area contributed by atoms with Crippen LogP contribution < -0.4 is 11.1 Å². The van der Waals surface area contributed by atoms with Crippen molar-refractivity contribution in [2.75, 3.05) is 6.54 Å². The molecule has 6 nitrogen and oxygen atoms in total. The van der Waals surface area contributed by atoms with Crippen molar-refractivity contribution in [1.29, 1.82) is 0 Å². The minimum atomic E-state index is -1.06. The van der Waals surface area contributed by atoms with Crippen molar-refractivity contribution in [3.05, 3.63) is 57.2 Å². The monoisotopic (exact) mass is 346 g/mol. The molecule has 3 aromatic rings. The van der Waals surface area contributed by atoms with E-state index >= 15 is 0 Å². The van der Waals surface area contributed by atoms with Crippen LogP contribution in [0.3, 0.4) is 0 Å². The molecule has 0 aliphatic rings. The van der Waals surface area contributed by atoms with E-state index in [0.29, 0.717) is 17.5 Å². The standard InChI is InChI=1S/C17H18N2O4S/c1-17(22,8-12-6-7-24-10-12)11-18-15(20)9-19-13-4-2-3-5-14(13)23-16(19)21/h2-7,10,22H,8-9,11H2,1H3,(H,18,20). The summed E-state index contributed by atoms with van der Waals surface area (Å²) >= 11 is 1.56. The van der Waals surface area contributed by atoms with Crippen LogP contribution in [0.15, 0.2) is 50.3 Å². The molecule has 0 aliphatic heterocycles. The summed E-state index contributed by atoms with van der Waals surface area (Å²) in [6.07, 6.45) is 0.450. The Morgan fingerprint density at radius 1 is 1.38 bits per heavy atom. The first kappa shape index (κ1) is 16.5. The molecule has 0 bridgehead atoms. The highest BCUT2D eigenvalue weighted by molar-refractivity contribution is 7.07. The minimum absolute atomic E-state index is 0.103. The maximum atomic E-state index is 12.1. The van der Waals surface area contributed by atoms with Crippen LogP contribution in [-0.4, -0.2) is 27.7 Å². The SMILES string of the molecule is CC(O)(CNC(=O)Cn1c(=O)oc2ccccc21)Cc1ccsc1. The summed E-state index contributed by atoms with van der Waals surface area (Å²) in [4.78, 5) is 24.0. The van der Waals surface area contributed by atoms with Crippen LogP contribution in [0.1, 0.15) is 12.5 Å². The van der Waals surface area contributed by atoms with E-state index in [1.165, 1.54) is 4.57 Å². The molecule has 0 fully saturated rings. The van der Waals surface area contributed by atoms with Gasteiger partial charge in [-0.2, -0.15) is 11.3 Å². The number of para-hydroxylation sites is 2. The second-order valence-corrected chi connectivity index (χ2v) is 6.78. The van der Waals surface area contributed by atoms with Crippen LogP contribution in [-0.2, 0) is 17.8 Å². The van der Waals surface area contributed by atoms with E-state index in [9.17, 15) is 14.7 Å². The molecule has 7 heteroatoms. The summed E-state index contributed by atoms with van der Waals surface area (Å²) in [6.45, 7) is 1.63. The number of nitrogens with one attached hydrogen (secondary N) is 1. The molecular weight excluding hydrogens is 328 g/mol. The quantitative estimate of drug-likeness (QED) is 0.712. The van der Waals surface area contributed by atoms with Gasteiger partial charge >= 0.3 is 5.76 Å². The Morgan fingerprint density at radius 3 is 2.92 bits per heavy atom. The molecule has 1 amide bonds. The van der Waals surface area contributed by atoms with Gasteiger partial charge in [-0.3, -0.25) is 9.36 Å². The van der Waals surface area contributed by atoms with Gasteiger partial charge < -0.3 is 14.8 Å². The molecule has 0 saturated carbocycles. The largest absolute Gasteiger partial charge is 0.420 e. The molecule has 1 unspecified atom stereocenters. The smallest absolute Gasteiger partial charge is 0.408 e. The summed E-state index contributed by atoms with van der Waals surface area (Å²) in [5.74, 6) is -0.925. The van der Waals surface area contributed by atoms with Gasteiger partial charge in [-0.25, -0.2) is 4.79 Å². The number of rotatable bonds is 6. The average Bonchev–Trinajstić information content (AvgIpc) is 3.14. The van der Waals surface area contributed by atoms with E-state index in [1.54, 1.807) is 42.5 Å². The molecule has 3 rings (SSSR count). The third-order valence-corrected chi connectivity index (χ3v) is 4.44. The Balaban J connectivity index is 1.63. The molecule has 0 spiro atoms. The Bertz CT molecular complexity index is 893. The van der Waals surface area contributed by atoms with Crippen molar-refractivity contribution in [2.45, 2.75) is 25.5 Å². The number of aliphatic hydroxyl groups is 1. The van der Waals surface area contributed by atoms with Crippen molar-refractivity contribution in [1.82, 2.24) is 9.88 Å². The lowest BCUT2D eigenvalue weighted by Gasteiger charge is -2.23. The minimum Gasteiger partial charge on any atom is -0.408 e. The second-order valence-electron chi connectivity index (χ2n) is 6.00. The molecule has 1 aromatic carbocycles. The van der Waals surface area contributed by atoms with E-state index in [-0.39, 0.29) is 19.0 Å². The number of carbonyl (C=O) groups is 1. The number of thiophene rings is 1. The van der Waals surface area contributed by atoms with Crippen LogP contribution in [0.4, 0.5) is 0 Å². The average molecular weight is 346 g/mol. The second kappa shape index (κ2) is 6.62. The van der Waals surface area contributed by atoms with E-state index in [0.717, 1.165) is 5.56 Å². The number of nitrogens with zero attached hydrogens (tertiary/aromatic N) is 1. The number of aromatic nitrogens is 1. The number of fused-ring (bicyclic) bond motifs is 1. The molecule has 1 atom stereocenters. The molecular formula is C17H18N2O4S. The van der Waals surface area contributed by atoms with Crippen molar-refractivity contribution < 1.29 is 14.3 Å². The summed E-state index contributed by atoms with van der Waals surface area (Å²) < 4.78 is 6.37. The number of benzene rings is 1. The van der Waals surface area contributed by atoms with Gasteiger partial charge in [0, 0.05) is 13.0 Å². The molecule has 2 N–H and O–H groups in total. The molecule has 2 aromatic heterocycles. The highest BCUT2D eigenvalue weighted by Gasteiger charge is 2.22. The van der Waals surface area contributed by atoms with Gasteiger partial charge in [0.1, 0.15) is 6.54 Å². The number of hydrogen-bond acceptors (Lipinski definition) is 5. The number of hydrogen-bond donors (Lipinski definition) is 2. The van der Waals surface area contributed by atoms with Crippen LogP contribution in [0.5, 0.6) is 0 Å². The van der Waals surface area contributed by atoms with Crippen molar-refractivity contribution in [2.24, 2.45) is 0 Å². The molecule has 0 saturated heterocycles. The molecule has 0 radical (unpaired) electrons. The fourth-order valence-corrected chi connectivity index (χ4v) is 3.22. The first-order valence-electron chi connectivity index (χ1n) is 7.53. The van der Waals surface area contributed by atoms with Crippen LogP contribution in [0.25, 0.3) is 11.1 Å². The predicted molar refractivity (Wildman–Crippen MR) is 92.1 cm³/mol. The maximum absolute atomic E-state index is 12.1. The highest BCUT2D eigenvalue weighted by atomic mass is 32.1. The lowest BCUT2D eigenvalue weighted by atomic mass is 9.98. The zero-order valence-electron chi connectivity index (χ0n) is 13.2. The number of oxazole rings is 1. The van der Waals surface area contributed by atoms with E-state index in [1.807, 2.05) is 16.8 Å². The summed E-state index contributed by atoms with van der Waals surface area (Å²) in [6, 6.07) is 8.88. The topological polar surface area (TPSA) is 84.5 Å². The Hall–Kier alpha value is -2.38.